The average Bonchev–Trinajstić information content (AvgIpc) is 2.82. The minimum Gasteiger partial charge on any atom is -0.490 e. The number of hydrogen-bond acceptors (Lipinski definition) is 5. The van der Waals surface area contributed by atoms with Crippen LogP contribution in [0.5, 0.6) is 11.5 Å². The third-order valence-corrected chi connectivity index (χ3v) is 4.43. The van der Waals surface area contributed by atoms with Crippen molar-refractivity contribution < 1.29 is 23.8 Å². The number of carbonyl (C=O) groups excluding carboxylic acids is 2. The molecule has 1 N–H and O–H groups in total. The molecule has 0 atom stereocenters. The molecule has 0 aromatic heterocycles. The zero-order chi connectivity index (χ0) is 21.9. The van der Waals surface area contributed by atoms with Crippen molar-refractivity contribution in [1.29, 1.82) is 0 Å². The Morgan fingerprint density at radius 1 is 0.742 bits per heavy atom. The molecule has 0 saturated heterocycles. The van der Waals surface area contributed by atoms with Crippen LogP contribution in [0, 0.1) is 0 Å². The largest absolute Gasteiger partial charge is 0.490 e. The number of para-hydroxylation sites is 2. The SMILES string of the molecule is CCOc1ccccc1OCC(=O)OCC(=O)NC(c1ccccc1)c1ccccc1. The van der Waals surface area contributed by atoms with Gasteiger partial charge in [-0.3, -0.25) is 4.79 Å². The van der Waals surface area contributed by atoms with Crippen molar-refractivity contribution in [2.24, 2.45) is 0 Å². The van der Waals surface area contributed by atoms with E-state index < -0.39 is 18.5 Å². The molecule has 0 aliphatic rings. The second kappa shape index (κ2) is 11.4. The molecule has 3 aromatic rings. The van der Waals surface area contributed by atoms with E-state index in [2.05, 4.69) is 5.32 Å². The molecular formula is C25H25NO5. The van der Waals surface area contributed by atoms with Gasteiger partial charge in [-0.1, -0.05) is 72.8 Å². The van der Waals surface area contributed by atoms with Gasteiger partial charge in [-0.25, -0.2) is 4.79 Å². The first-order valence-electron chi connectivity index (χ1n) is 10.1. The third kappa shape index (κ3) is 6.60. The van der Waals surface area contributed by atoms with Crippen LogP contribution in [0.25, 0.3) is 0 Å². The van der Waals surface area contributed by atoms with Crippen LogP contribution in [-0.4, -0.2) is 31.7 Å². The van der Waals surface area contributed by atoms with Gasteiger partial charge in [-0.2, -0.15) is 0 Å². The highest BCUT2D eigenvalue weighted by Crippen LogP contribution is 2.26. The zero-order valence-electron chi connectivity index (χ0n) is 17.3. The van der Waals surface area contributed by atoms with Crippen molar-refractivity contribution in [2.45, 2.75) is 13.0 Å². The van der Waals surface area contributed by atoms with Gasteiger partial charge in [0.2, 0.25) is 0 Å². The van der Waals surface area contributed by atoms with Gasteiger partial charge in [0.1, 0.15) is 0 Å². The van der Waals surface area contributed by atoms with Crippen molar-refractivity contribution in [3.8, 4) is 11.5 Å². The molecule has 0 bridgehead atoms. The Morgan fingerprint density at radius 3 is 1.81 bits per heavy atom. The predicted octanol–water partition coefficient (Wildman–Crippen LogP) is 3.91. The first kappa shape index (κ1) is 21.9. The monoisotopic (exact) mass is 419 g/mol. The van der Waals surface area contributed by atoms with Gasteiger partial charge >= 0.3 is 5.97 Å². The fourth-order valence-corrected chi connectivity index (χ4v) is 3.02. The molecule has 0 aliphatic carbocycles. The number of rotatable bonds is 10. The molecule has 6 heteroatoms. The molecule has 31 heavy (non-hydrogen) atoms. The van der Waals surface area contributed by atoms with E-state index >= 15 is 0 Å². The molecule has 0 saturated carbocycles. The van der Waals surface area contributed by atoms with E-state index in [9.17, 15) is 9.59 Å². The van der Waals surface area contributed by atoms with Crippen molar-refractivity contribution >= 4 is 11.9 Å². The topological polar surface area (TPSA) is 73.9 Å². The van der Waals surface area contributed by atoms with Gasteiger partial charge in [0, 0.05) is 0 Å². The Morgan fingerprint density at radius 2 is 1.26 bits per heavy atom. The van der Waals surface area contributed by atoms with Crippen molar-refractivity contribution in [2.75, 3.05) is 19.8 Å². The number of esters is 1. The summed E-state index contributed by atoms with van der Waals surface area (Å²) in [4.78, 5) is 24.5. The number of ether oxygens (including phenoxy) is 3. The Kier molecular flexibility index (Phi) is 8.05. The number of carbonyl (C=O) groups is 2. The Hall–Kier alpha value is -3.80. The molecule has 0 spiro atoms. The van der Waals surface area contributed by atoms with Crippen LogP contribution in [0.15, 0.2) is 84.9 Å². The molecule has 6 nitrogen and oxygen atoms in total. The number of nitrogens with one attached hydrogen (secondary N) is 1. The van der Waals surface area contributed by atoms with Gasteiger partial charge in [-0.15, -0.1) is 0 Å². The summed E-state index contributed by atoms with van der Waals surface area (Å²) in [7, 11) is 0. The molecule has 160 valence electrons. The predicted molar refractivity (Wildman–Crippen MR) is 117 cm³/mol. The maximum atomic E-state index is 12.5. The van der Waals surface area contributed by atoms with E-state index in [4.69, 9.17) is 14.2 Å². The molecule has 0 fully saturated rings. The maximum absolute atomic E-state index is 12.5. The Labute approximate surface area is 181 Å². The quantitative estimate of drug-likeness (QED) is 0.505. The van der Waals surface area contributed by atoms with Gasteiger partial charge in [-0.05, 0) is 30.2 Å². The smallest absolute Gasteiger partial charge is 0.344 e. The summed E-state index contributed by atoms with van der Waals surface area (Å²) >= 11 is 0. The van der Waals surface area contributed by atoms with Crippen molar-refractivity contribution in [3.63, 3.8) is 0 Å². The van der Waals surface area contributed by atoms with Crippen LogP contribution < -0.4 is 14.8 Å². The van der Waals surface area contributed by atoms with Crippen molar-refractivity contribution in [3.05, 3.63) is 96.1 Å². The van der Waals surface area contributed by atoms with E-state index in [-0.39, 0.29) is 12.6 Å². The van der Waals surface area contributed by atoms with Crippen LogP contribution in [0.4, 0.5) is 0 Å². The van der Waals surface area contributed by atoms with E-state index in [0.717, 1.165) is 11.1 Å². The lowest BCUT2D eigenvalue weighted by atomic mass is 9.99. The second-order valence-corrected chi connectivity index (χ2v) is 6.65. The lowest BCUT2D eigenvalue weighted by Gasteiger charge is -2.20. The highest BCUT2D eigenvalue weighted by molar-refractivity contribution is 5.81. The highest BCUT2D eigenvalue weighted by Gasteiger charge is 2.18. The Balaban J connectivity index is 1.54. The van der Waals surface area contributed by atoms with Crippen LogP contribution in [0.2, 0.25) is 0 Å². The molecule has 3 aromatic carbocycles. The number of benzene rings is 3. The Bertz CT molecular complexity index is 936. The minimum absolute atomic E-state index is 0.321. The van der Waals surface area contributed by atoms with E-state index in [0.29, 0.717) is 18.1 Å². The molecule has 0 unspecified atom stereocenters. The van der Waals surface area contributed by atoms with Gasteiger partial charge in [0.15, 0.2) is 24.7 Å². The summed E-state index contributed by atoms with van der Waals surface area (Å²) in [5.41, 5.74) is 1.87. The van der Waals surface area contributed by atoms with Gasteiger partial charge in [0.25, 0.3) is 5.91 Å². The van der Waals surface area contributed by atoms with Crippen LogP contribution in [0.1, 0.15) is 24.1 Å². The van der Waals surface area contributed by atoms with Gasteiger partial charge < -0.3 is 19.5 Å². The summed E-state index contributed by atoms with van der Waals surface area (Å²) in [6.45, 7) is 1.63. The number of hydrogen-bond donors (Lipinski definition) is 1. The van der Waals surface area contributed by atoms with E-state index in [1.807, 2.05) is 73.7 Å². The van der Waals surface area contributed by atoms with Crippen LogP contribution >= 0.6 is 0 Å². The second-order valence-electron chi connectivity index (χ2n) is 6.65. The lowest BCUT2D eigenvalue weighted by molar-refractivity contribution is -0.150. The summed E-state index contributed by atoms with van der Waals surface area (Å²) in [6, 6.07) is 25.9. The summed E-state index contributed by atoms with van der Waals surface area (Å²) in [5, 5.41) is 2.93. The van der Waals surface area contributed by atoms with Crippen LogP contribution in [0.3, 0.4) is 0 Å². The molecule has 1 amide bonds. The molecular weight excluding hydrogens is 394 g/mol. The molecule has 0 heterocycles. The summed E-state index contributed by atoms with van der Waals surface area (Å²) in [6.07, 6.45) is 0. The summed E-state index contributed by atoms with van der Waals surface area (Å²) in [5.74, 6) is -0.0544. The first-order valence-corrected chi connectivity index (χ1v) is 10.1. The normalized spacial score (nSPS) is 10.4. The summed E-state index contributed by atoms with van der Waals surface area (Å²) < 4.78 is 16.0. The molecule has 0 aliphatic heterocycles. The fraction of sp³-hybridized carbons (Fsp3) is 0.200. The van der Waals surface area contributed by atoms with Gasteiger partial charge in [0.05, 0.1) is 12.6 Å². The number of amides is 1. The van der Waals surface area contributed by atoms with E-state index in [1.54, 1.807) is 18.2 Å². The van der Waals surface area contributed by atoms with Crippen molar-refractivity contribution in [1.82, 2.24) is 5.32 Å². The van der Waals surface area contributed by atoms with Crippen LogP contribution in [-0.2, 0) is 14.3 Å². The molecule has 3 rings (SSSR count). The average molecular weight is 419 g/mol. The minimum atomic E-state index is -0.641. The standard InChI is InChI=1S/C25H25NO5/c1-2-29-21-15-9-10-16-22(21)30-18-24(28)31-17-23(27)26-25(19-11-5-3-6-12-19)20-13-7-4-8-14-20/h3-16,25H,2,17-18H2,1H3,(H,26,27). The third-order valence-electron chi connectivity index (χ3n) is 4.43. The maximum Gasteiger partial charge on any atom is 0.344 e. The zero-order valence-corrected chi connectivity index (χ0v) is 17.3. The highest BCUT2D eigenvalue weighted by atomic mass is 16.6. The van der Waals surface area contributed by atoms with E-state index in [1.165, 1.54) is 0 Å². The lowest BCUT2D eigenvalue weighted by Crippen LogP contribution is -2.33. The molecule has 0 radical (unpaired) electrons. The first-order chi connectivity index (χ1) is 15.2. The fourth-order valence-electron chi connectivity index (χ4n) is 3.02.